The molecule has 0 saturated carbocycles. The lowest BCUT2D eigenvalue weighted by Gasteiger charge is -2.44. The van der Waals surface area contributed by atoms with Crippen LogP contribution in [0.2, 0.25) is 0 Å². The third-order valence-corrected chi connectivity index (χ3v) is 5.41. The monoisotopic (exact) mass is 345 g/mol. The molecule has 0 radical (unpaired) electrons. The highest BCUT2D eigenvalue weighted by molar-refractivity contribution is 5.89. The maximum absolute atomic E-state index is 12.2. The van der Waals surface area contributed by atoms with Gasteiger partial charge in [-0.2, -0.15) is 0 Å². The molecule has 1 aromatic carbocycles. The number of esters is 1. The number of rotatable bonds is 6. The number of piperidine rings is 2. The summed E-state index contributed by atoms with van der Waals surface area (Å²) in [7, 11) is 0. The van der Waals surface area contributed by atoms with E-state index in [2.05, 4.69) is 4.90 Å². The van der Waals surface area contributed by atoms with Gasteiger partial charge in [-0.25, -0.2) is 4.79 Å². The van der Waals surface area contributed by atoms with E-state index in [1.807, 2.05) is 26.0 Å². The first-order valence-electron chi connectivity index (χ1n) is 9.81. The number of carbonyl (C=O) groups excluding carboxylic acids is 1. The average molecular weight is 345 g/mol. The van der Waals surface area contributed by atoms with Crippen molar-refractivity contribution in [3.05, 3.63) is 29.8 Å². The topological polar surface area (TPSA) is 38.8 Å². The molecule has 2 aliphatic rings. The van der Waals surface area contributed by atoms with Gasteiger partial charge in [0.15, 0.2) is 0 Å². The van der Waals surface area contributed by atoms with Crippen molar-refractivity contribution in [3.63, 3.8) is 0 Å². The Morgan fingerprint density at radius 3 is 2.64 bits per heavy atom. The van der Waals surface area contributed by atoms with Gasteiger partial charge in [-0.3, -0.25) is 0 Å². The summed E-state index contributed by atoms with van der Waals surface area (Å²) >= 11 is 0. The van der Waals surface area contributed by atoms with Gasteiger partial charge < -0.3 is 14.4 Å². The molecule has 0 aliphatic carbocycles. The van der Waals surface area contributed by atoms with Crippen molar-refractivity contribution in [3.8, 4) is 5.75 Å². The molecule has 1 aromatic rings. The van der Waals surface area contributed by atoms with E-state index < -0.39 is 0 Å². The molecule has 3 rings (SSSR count). The van der Waals surface area contributed by atoms with Crippen molar-refractivity contribution < 1.29 is 14.3 Å². The summed E-state index contributed by atoms with van der Waals surface area (Å²) in [6.07, 6.45) is 7.69. The molecule has 2 saturated heterocycles. The largest absolute Gasteiger partial charge is 0.491 e. The van der Waals surface area contributed by atoms with E-state index in [1.54, 1.807) is 12.1 Å². The lowest BCUT2D eigenvalue weighted by atomic mass is 9.82. The zero-order chi connectivity index (χ0) is 17.6. The lowest BCUT2D eigenvalue weighted by molar-refractivity contribution is 0.0296. The van der Waals surface area contributed by atoms with Crippen LogP contribution in [-0.4, -0.2) is 42.7 Å². The molecule has 0 aromatic heterocycles. The van der Waals surface area contributed by atoms with Gasteiger partial charge in [0.2, 0.25) is 0 Å². The van der Waals surface area contributed by atoms with Gasteiger partial charge in [0.1, 0.15) is 5.75 Å². The summed E-state index contributed by atoms with van der Waals surface area (Å²) in [4.78, 5) is 14.9. The average Bonchev–Trinajstić information content (AvgIpc) is 2.62. The molecule has 138 valence electrons. The maximum atomic E-state index is 12.2. The van der Waals surface area contributed by atoms with Crippen LogP contribution in [0.3, 0.4) is 0 Å². The zero-order valence-corrected chi connectivity index (χ0v) is 15.6. The van der Waals surface area contributed by atoms with E-state index in [0.29, 0.717) is 24.1 Å². The molecule has 2 heterocycles. The van der Waals surface area contributed by atoms with Crippen LogP contribution in [0.1, 0.15) is 62.7 Å². The second-order valence-corrected chi connectivity index (χ2v) is 7.62. The highest BCUT2D eigenvalue weighted by Crippen LogP contribution is 2.32. The Balaban J connectivity index is 1.45. The summed E-state index contributed by atoms with van der Waals surface area (Å²) in [5.41, 5.74) is 0.596. The Hall–Kier alpha value is -1.55. The smallest absolute Gasteiger partial charge is 0.338 e. The summed E-state index contributed by atoms with van der Waals surface area (Å²) in [6.45, 7) is 7.01. The molecule has 0 bridgehead atoms. The van der Waals surface area contributed by atoms with Crippen LogP contribution in [0, 0.1) is 5.92 Å². The van der Waals surface area contributed by atoms with Crippen LogP contribution < -0.4 is 4.74 Å². The van der Waals surface area contributed by atoms with E-state index >= 15 is 0 Å². The van der Waals surface area contributed by atoms with E-state index in [-0.39, 0.29) is 12.1 Å². The molecule has 25 heavy (non-hydrogen) atoms. The quantitative estimate of drug-likeness (QED) is 0.721. The first-order chi connectivity index (χ1) is 12.1. The molecule has 2 aliphatic heterocycles. The molecular weight excluding hydrogens is 314 g/mol. The Morgan fingerprint density at radius 2 is 1.88 bits per heavy atom. The summed E-state index contributed by atoms with van der Waals surface area (Å²) < 4.78 is 11.1. The molecule has 4 heteroatoms. The Morgan fingerprint density at radius 1 is 1.12 bits per heavy atom. The number of hydrogen-bond donors (Lipinski definition) is 0. The van der Waals surface area contributed by atoms with Gasteiger partial charge >= 0.3 is 5.97 Å². The Labute approximate surface area is 151 Å². The highest BCUT2D eigenvalue weighted by atomic mass is 16.5. The van der Waals surface area contributed by atoms with Gasteiger partial charge in [-0.15, -0.1) is 0 Å². The molecule has 4 nitrogen and oxygen atoms in total. The number of nitrogens with zero attached hydrogens (tertiary/aromatic N) is 1. The van der Waals surface area contributed by atoms with Crippen LogP contribution in [0.15, 0.2) is 24.3 Å². The zero-order valence-electron chi connectivity index (χ0n) is 15.6. The van der Waals surface area contributed by atoms with Crippen molar-refractivity contribution in [2.24, 2.45) is 5.92 Å². The van der Waals surface area contributed by atoms with Crippen LogP contribution in [0.25, 0.3) is 0 Å². The summed E-state index contributed by atoms with van der Waals surface area (Å²) in [5, 5.41) is 0. The fourth-order valence-electron chi connectivity index (χ4n) is 4.24. The van der Waals surface area contributed by atoms with Gasteiger partial charge in [0.05, 0.1) is 18.3 Å². The standard InChI is InChI=1S/C21H31NO3/c1-16(2)25-19-10-8-18(9-11-19)21(23)24-15-12-17-6-5-14-22-13-4-3-7-20(17)22/h8-11,16-17,20H,3-7,12-15H2,1-2H3/t17-,20+/m0/s1. The fourth-order valence-corrected chi connectivity index (χ4v) is 4.24. The van der Waals surface area contributed by atoms with Gasteiger partial charge in [0, 0.05) is 6.04 Å². The van der Waals surface area contributed by atoms with Crippen LogP contribution in [0.5, 0.6) is 5.75 Å². The molecule has 0 amide bonds. The van der Waals surface area contributed by atoms with E-state index in [1.165, 1.54) is 45.2 Å². The number of carbonyl (C=O) groups is 1. The molecular formula is C21H31NO3. The van der Waals surface area contributed by atoms with E-state index in [0.717, 1.165) is 12.2 Å². The normalized spacial score (nSPS) is 24.0. The summed E-state index contributed by atoms with van der Waals surface area (Å²) in [5.74, 6) is 1.24. The number of benzene rings is 1. The lowest BCUT2D eigenvalue weighted by Crippen LogP contribution is -2.48. The third kappa shape index (κ3) is 4.97. The number of hydrogen-bond acceptors (Lipinski definition) is 4. The molecule has 2 fully saturated rings. The summed E-state index contributed by atoms with van der Waals surface area (Å²) in [6, 6.07) is 7.94. The van der Waals surface area contributed by atoms with Crippen LogP contribution >= 0.6 is 0 Å². The number of ether oxygens (including phenoxy) is 2. The van der Waals surface area contributed by atoms with E-state index in [9.17, 15) is 4.79 Å². The predicted octanol–water partition coefficient (Wildman–Crippen LogP) is 4.29. The minimum atomic E-state index is -0.229. The van der Waals surface area contributed by atoms with Crippen molar-refractivity contribution in [2.45, 2.75) is 64.5 Å². The van der Waals surface area contributed by atoms with Crippen LogP contribution in [0.4, 0.5) is 0 Å². The fraction of sp³-hybridized carbons (Fsp3) is 0.667. The van der Waals surface area contributed by atoms with Crippen molar-refractivity contribution in [2.75, 3.05) is 19.7 Å². The predicted molar refractivity (Wildman–Crippen MR) is 99.0 cm³/mol. The second-order valence-electron chi connectivity index (χ2n) is 7.62. The van der Waals surface area contributed by atoms with Gasteiger partial charge in [-0.1, -0.05) is 6.42 Å². The highest BCUT2D eigenvalue weighted by Gasteiger charge is 2.32. The number of fused-ring (bicyclic) bond motifs is 1. The Kier molecular flexibility index (Phi) is 6.35. The maximum Gasteiger partial charge on any atom is 0.338 e. The second kappa shape index (κ2) is 8.70. The first-order valence-corrected chi connectivity index (χ1v) is 9.81. The molecule has 2 atom stereocenters. The van der Waals surface area contributed by atoms with Crippen molar-refractivity contribution in [1.29, 1.82) is 0 Å². The van der Waals surface area contributed by atoms with Crippen molar-refractivity contribution in [1.82, 2.24) is 4.90 Å². The van der Waals surface area contributed by atoms with E-state index in [4.69, 9.17) is 9.47 Å². The SMILES string of the molecule is CC(C)Oc1ccc(C(=O)OCC[C@@H]2CCCN3CCCC[C@H]23)cc1. The minimum absolute atomic E-state index is 0.132. The molecule has 0 N–H and O–H groups in total. The minimum Gasteiger partial charge on any atom is -0.491 e. The molecule has 0 unspecified atom stereocenters. The van der Waals surface area contributed by atoms with Crippen molar-refractivity contribution >= 4 is 5.97 Å². The Bertz CT molecular complexity index is 553. The van der Waals surface area contributed by atoms with Gasteiger partial charge in [-0.05, 0) is 89.2 Å². The molecule has 0 spiro atoms. The first kappa shape index (κ1) is 18.2. The third-order valence-electron chi connectivity index (χ3n) is 5.41. The van der Waals surface area contributed by atoms with Crippen LogP contribution in [-0.2, 0) is 4.74 Å². The van der Waals surface area contributed by atoms with Gasteiger partial charge in [0.25, 0.3) is 0 Å².